The highest BCUT2D eigenvalue weighted by Crippen LogP contribution is 2.37. The second-order valence-electron chi connectivity index (χ2n) is 7.39. The summed E-state index contributed by atoms with van der Waals surface area (Å²) in [5.74, 6) is 0.490. The zero-order valence-electron chi connectivity index (χ0n) is 14.5. The highest BCUT2D eigenvalue weighted by molar-refractivity contribution is 5.96. The van der Waals surface area contributed by atoms with Gasteiger partial charge in [0, 0.05) is 12.1 Å². The largest absolute Gasteiger partial charge is 0.350 e. The molecule has 2 heterocycles. The molecule has 2 aliphatic carbocycles. The second-order valence-corrected chi connectivity index (χ2v) is 7.39. The van der Waals surface area contributed by atoms with Crippen molar-refractivity contribution in [3.63, 3.8) is 0 Å². The molecule has 126 valence electrons. The Morgan fingerprint density at radius 3 is 3.17 bits per heavy atom. The number of rotatable bonds is 3. The summed E-state index contributed by atoms with van der Waals surface area (Å²) in [6, 6.07) is 0.645. The van der Waals surface area contributed by atoms with Crippen molar-refractivity contribution in [2.75, 3.05) is 13.1 Å². The molecule has 1 N–H and O–H groups in total. The van der Waals surface area contributed by atoms with E-state index in [0.29, 0.717) is 18.5 Å². The van der Waals surface area contributed by atoms with Gasteiger partial charge in [0.25, 0.3) is 5.91 Å². The lowest BCUT2D eigenvalue weighted by Crippen LogP contribution is -2.43. The lowest BCUT2D eigenvalue weighted by atomic mass is 9.91. The molecule has 24 heavy (non-hydrogen) atoms. The molecule has 0 radical (unpaired) electrons. The molecule has 0 aromatic heterocycles. The first-order chi connectivity index (χ1) is 11.6. The molecule has 0 bridgehead atoms. The van der Waals surface area contributed by atoms with Gasteiger partial charge in [-0.05, 0) is 43.3 Å². The smallest absolute Gasteiger partial charge is 0.251 e. The number of fused-ring (bicyclic) bond motifs is 2. The van der Waals surface area contributed by atoms with Gasteiger partial charge in [-0.25, -0.2) is 0 Å². The summed E-state index contributed by atoms with van der Waals surface area (Å²) >= 11 is 0. The predicted molar refractivity (Wildman–Crippen MR) is 96.8 cm³/mol. The van der Waals surface area contributed by atoms with Crippen LogP contribution in [0.2, 0.25) is 0 Å². The molecule has 0 spiro atoms. The van der Waals surface area contributed by atoms with Gasteiger partial charge in [-0.1, -0.05) is 36.8 Å². The van der Waals surface area contributed by atoms with Crippen LogP contribution in [0.25, 0.3) is 0 Å². The van der Waals surface area contributed by atoms with Gasteiger partial charge in [-0.15, -0.1) is 0 Å². The third-order valence-electron chi connectivity index (χ3n) is 5.45. The lowest BCUT2D eigenvalue weighted by Gasteiger charge is -2.26. The number of hydrogen-bond acceptors (Lipinski definition) is 3. The van der Waals surface area contributed by atoms with Crippen LogP contribution in [0.4, 0.5) is 0 Å². The molecular formula is C20H25N3O. The fourth-order valence-corrected chi connectivity index (χ4v) is 4.44. The minimum absolute atomic E-state index is 0.0500. The third-order valence-corrected chi connectivity index (χ3v) is 5.45. The van der Waals surface area contributed by atoms with Crippen molar-refractivity contribution < 1.29 is 4.79 Å². The Balaban J connectivity index is 1.47. The van der Waals surface area contributed by atoms with Crippen molar-refractivity contribution in [2.24, 2.45) is 10.9 Å². The van der Waals surface area contributed by atoms with Crippen molar-refractivity contribution in [3.05, 3.63) is 46.6 Å². The molecule has 2 aliphatic heterocycles. The summed E-state index contributed by atoms with van der Waals surface area (Å²) in [6.07, 6.45) is 13.9. The van der Waals surface area contributed by atoms with Gasteiger partial charge < -0.3 is 10.2 Å². The van der Waals surface area contributed by atoms with Crippen LogP contribution in [0.5, 0.6) is 0 Å². The third kappa shape index (κ3) is 2.64. The van der Waals surface area contributed by atoms with E-state index in [0.717, 1.165) is 31.4 Å². The minimum atomic E-state index is 0.0500. The van der Waals surface area contributed by atoms with E-state index in [4.69, 9.17) is 0 Å². The van der Waals surface area contributed by atoms with E-state index in [1.165, 1.54) is 16.7 Å². The normalized spacial score (nSPS) is 30.9. The van der Waals surface area contributed by atoms with Crippen LogP contribution in [0, 0.1) is 5.92 Å². The first kappa shape index (κ1) is 15.4. The van der Waals surface area contributed by atoms with E-state index in [1.54, 1.807) is 0 Å². The average Bonchev–Trinajstić information content (AvgIpc) is 3.13. The van der Waals surface area contributed by atoms with Crippen LogP contribution in [0.1, 0.15) is 33.1 Å². The Hall–Kier alpha value is -2.10. The van der Waals surface area contributed by atoms with E-state index < -0.39 is 0 Å². The summed E-state index contributed by atoms with van der Waals surface area (Å²) in [5, 5.41) is 3.17. The number of nitrogens with zero attached hydrogens (tertiary/aromatic N) is 2. The van der Waals surface area contributed by atoms with E-state index >= 15 is 0 Å². The van der Waals surface area contributed by atoms with Crippen LogP contribution in [-0.2, 0) is 4.79 Å². The fourth-order valence-electron chi connectivity index (χ4n) is 4.44. The minimum Gasteiger partial charge on any atom is -0.350 e. The molecule has 0 saturated carbocycles. The zero-order valence-corrected chi connectivity index (χ0v) is 14.5. The molecule has 0 aromatic rings. The van der Waals surface area contributed by atoms with E-state index in [-0.39, 0.29) is 11.9 Å². The van der Waals surface area contributed by atoms with E-state index in [1.807, 2.05) is 12.4 Å². The van der Waals surface area contributed by atoms with Crippen molar-refractivity contribution in [1.82, 2.24) is 10.2 Å². The molecule has 0 aromatic carbocycles. The van der Waals surface area contributed by atoms with Crippen molar-refractivity contribution in [2.45, 2.75) is 45.2 Å². The van der Waals surface area contributed by atoms with E-state index in [9.17, 15) is 4.79 Å². The highest BCUT2D eigenvalue weighted by Gasteiger charge is 2.40. The van der Waals surface area contributed by atoms with Crippen molar-refractivity contribution >= 4 is 12.2 Å². The number of nitrogens with one attached hydrogen (secondary N) is 1. The number of hydrogen-bond donors (Lipinski definition) is 1. The number of aliphatic imine (C=N–C) groups is 1. The maximum absolute atomic E-state index is 12.6. The Bertz CT molecular complexity index is 710. The molecular weight excluding hydrogens is 298 g/mol. The Morgan fingerprint density at radius 2 is 2.33 bits per heavy atom. The first-order valence-corrected chi connectivity index (χ1v) is 8.97. The van der Waals surface area contributed by atoms with Gasteiger partial charge in [0.1, 0.15) is 0 Å². The average molecular weight is 323 g/mol. The number of carbonyl (C=O) groups is 1. The number of allylic oxidation sites excluding steroid dienone is 3. The summed E-state index contributed by atoms with van der Waals surface area (Å²) in [4.78, 5) is 19.4. The molecule has 1 unspecified atom stereocenters. The van der Waals surface area contributed by atoms with Crippen LogP contribution >= 0.6 is 0 Å². The Kier molecular flexibility index (Phi) is 3.91. The quantitative estimate of drug-likeness (QED) is 0.868. The van der Waals surface area contributed by atoms with Crippen LogP contribution in [0.15, 0.2) is 51.6 Å². The summed E-state index contributed by atoms with van der Waals surface area (Å²) in [5.41, 5.74) is 5.02. The maximum Gasteiger partial charge on any atom is 0.251 e. The Labute approximate surface area is 143 Å². The molecule has 0 saturated heterocycles. The fraction of sp³-hybridized carbons (Fsp3) is 0.500. The second kappa shape index (κ2) is 6.08. The molecule has 4 heteroatoms. The van der Waals surface area contributed by atoms with Crippen molar-refractivity contribution in [1.29, 1.82) is 0 Å². The molecule has 3 atom stereocenters. The van der Waals surface area contributed by atoms with Gasteiger partial charge in [0.05, 0.1) is 25.0 Å². The van der Waals surface area contributed by atoms with Gasteiger partial charge in [-0.2, -0.15) is 0 Å². The summed E-state index contributed by atoms with van der Waals surface area (Å²) in [7, 11) is 0. The van der Waals surface area contributed by atoms with Crippen LogP contribution < -0.4 is 5.32 Å². The predicted octanol–water partition coefficient (Wildman–Crippen LogP) is 2.76. The highest BCUT2D eigenvalue weighted by atomic mass is 16.1. The van der Waals surface area contributed by atoms with Crippen LogP contribution in [0.3, 0.4) is 0 Å². The van der Waals surface area contributed by atoms with Gasteiger partial charge in [0.2, 0.25) is 0 Å². The maximum atomic E-state index is 12.6. The topological polar surface area (TPSA) is 44.7 Å². The van der Waals surface area contributed by atoms with Gasteiger partial charge in [-0.3, -0.25) is 9.79 Å². The van der Waals surface area contributed by atoms with Crippen LogP contribution in [-0.4, -0.2) is 42.3 Å². The molecule has 4 aliphatic rings. The van der Waals surface area contributed by atoms with E-state index in [2.05, 4.69) is 47.3 Å². The monoisotopic (exact) mass is 323 g/mol. The molecule has 1 amide bonds. The standard InChI is InChI=1S/C20H25N3O/c1-13-7-14(2)9-15(8-13)20(24)22-11-19-17-6-4-3-5-16(17)18-10-21-12-23(18)19/h3,5,8-9,12-13,18-19H,4,6-7,10-11H2,1-2H3,(H,22,24)/t13?,18-,19+/m1/s1. The molecule has 4 nitrogen and oxygen atoms in total. The SMILES string of the molecule is CC1=CC(C(=O)NC[C@H]2C3=C(C=CCC3)[C@H]3CN=CN32)=CC(C)C1. The first-order valence-electron chi connectivity index (χ1n) is 8.97. The summed E-state index contributed by atoms with van der Waals surface area (Å²) < 4.78 is 0. The number of carbonyl (C=O) groups excluding carboxylic acids is 1. The molecule has 4 rings (SSSR count). The lowest BCUT2D eigenvalue weighted by molar-refractivity contribution is -0.117. The zero-order chi connectivity index (χ0) is 16.7. The molecule has 0 fully saturated rings. The van der Waals surface area contributed by atoms with Gasteiger partial charge >= 0.3 is 0 Å². The van der Waals surface area contributed by atoms with Gasteiger partial charge in [0.15, 0.2) is 0 Å². The number of amides is 1. The van der Waals surface area contributed by atoms with Crippen molar-refractivity contribution in [3.8, 4) is 0 Å². The summed E-state index contributed by atoms with van der Waals surface area (Å²) in [6.45, 7) is 5.77. The Morgan fingerprint density at radius 1 is 1.46 bits per heavy atom.